The van der Waals surface area contributed by atoms with Crippen LogP contribution in [-0.2, 0) is 19.7 Å². The quantitative estimate of drug-likeness (QED) is 0.721. The molecule has 7 heteroatoms. The molecular weight excluding hydrogens is 256 g/mol. The minimum absolute atomic E-state index is 0.499. The molecule has 0 atom stereocenters. The fourth-order valence-corrected chi connectivity index (χ4v) is 4.62. The molecule has 3 heterocycles. The molecule has 0 unspecified atom stereocenters. The van der Waals surface area contributed by atoms with E-state index in [1.165, 1.54) is 0 Å². The van der Waals surface area contributed by atoms with E-state index in [4.69, 9.17) is 9.47 Å². The fourth-order valence-electron chi connectivity index (χ4n) is 2.93. The van der Waals surface area contributed by atoms with E-state index in [9.17, 15) is 8.42 Å². The highest BCUT2D eigenvalue weighted by Gasteiger charge is 2.43. The van der Waals surface area contributed by atoms with Gasteiger partial charge in [-0.3, -0.25) is 0 Å². The summed E-state index contributed by atoms with van der Waals surface area (Å²) in [7, 11) is -3.25. The maximum atomic E-state index is 12.4. The van der Waals surface area contributed by atoms with Crippen LogP contribution >= 0.6 is 0 Å². The molecule has 0 N–H and O–H groups in total. The minimum Gasteiger partial charge on any atom is -0.347 e. The lowest BCUT2D eigenvalue weighted by atomic mass is 10.1. The van der Waals surface area contributed by atoms with E-state index in [1.54, 1.807) is 8.61 Å². The number of hydrogen-bond donors (Lipinski definition) is 0. The zero-order valence-electron chi connectivity index (χ0n) is 10.5. The standard InChI is InChI=1S/C11H20N2O4S/c14-18(15,12-5-1-2-6-12)13-7-3-11(4-8-13)16-9-10-17-11/h1-10H2. The van der Waals surface area contributed by atoms with Crippen molar-refractivity contribution in [3.63, 3.8) is 0 Å². The van der Waals surface area contributed by atoms with Gasteiger partial charge in [0.1, 0.15) is 0 Å². The average Bonchev–Trinajstić information content (AvgIpc) is 3.01. The van der Waals surface area contributed by atoms with Crippen LogP contribution in [0, 0.1) is 0 Å². The molecule has 3 saturated heterocycles. The van der Waals surface area contributed by atoms with Crippen molar-refractivity contribution in [3.8, 4) is 0 Å². The number of rotatable bonds is 2. The first-order valence-corrected chi connectivity index (χ1v) is 8.05. The first-order chi connectivity index (χ1) is 8.62. The average molecular weight is 276 g/mol. The minimum atomic E-state index is -3.25. The summed E-state index contributed by atoms with van der Waals surface area (Å²) in [6.07, 6.45) is 3.23. The van der Waals surface area contributed by atoms with Crippen molar-refractivity contribution < 1.29 is 17.9 Å². The molecule has 0 aromatic rings. The summed E-state index contributed by atoms with van der Waals surface area (Å²) in [5, 5.41) is 0. The third-order valence-electron chi connectivity index (χ3n) is 4.02. The van der Waals surface area contributed by atoms with E-state index in [2.05, 4.69) is 0 Å². The van der Waals surface area contributed by atoms with E-state index < -0.39 is 16.0 Å². The molecule has 0 bridgehead atoms. The van der Waals surface area contributed by atoms with Gasteiger partial charge >= 0.3 is 0 Å². The molecule has 3 aliphatic rings. The van der Waals surface area contributed by atoms with Crippen molar-refractivity contribution in [3.05, 3.63) is 0 Å². The van der Waals surface area contributed by atoms with Crippen molar-refractivity contribution >= 4 is 10.2 Å². The Hall–Kier alpha value is -0.210. The van der Waals surface area contributed by atoms with Crippen LogP contribution in [0.1, 0.15) is 25.7 Å². The molecule has 3 rings (SSSR count). The molecule has 1 spiro atoms. The Kier molecular flexibility index (Phi) is 3.36. The number of hydrogen-bond acceptors (Lipinski definition) is 4. The predicted octanol–water partition coefficient (Wildman–Crippen LogP) is 0.166. The predicted molar refractivity (Wildman–Crippen MR) is 65.2 cm³/mol. The SMILES string of the molecule is O=S(=O)(N1CCCC1)N1CCC2(CC1)OCCO2. The highest BCUT2D eigenvalue weighted by Crippen LogP contribution is 2.33. The van der Waals surface area contributed by atoms with Gasteiger partial charge in [-0.1, -0.05) is 0 Å². The molecule has 0 radical (unpaired) electrons. The van der Waals surface area contributed by atoms with Crippen molar-refractivity contribution in [2.24, 2.45) is 0 Å². The second-order valence-electron chi connectivity index (χ2n) is 5.12. The fraction of sp³-hybridized carbons (Fsp3) is 1.00. The molecule has 0 aromatic heterocycles. The summed E-state index contributed by atoms with van der Waals surface area (Å²) in [6, 6.07) is 0. The second kappa shape index (κ2) is 4.72. The zero-order valence-corrected chi connectivity index (χ0v) is 11.3. The van der Waals surface area contributed by atoms with Gasteiger partial charge in [-0.25, -0.2) is 0 Å². The smallest absolute Gasteiger partial charge is 0.281 e. The van der Waals surface area contributed by atoms with Crippen LogP contribution in [0.15, 0.2) is 0 Å². The van der Waals surface area contributed by atoms with Crippen molar-refractivity contribution in [2.75, 3.05) is 39.4 Å². The molecule has 3 aliphatic heterocycles. The van der Waals surface area contributed by atoms with Crippen molar-refractivity contribution in [2.45, 2.75) is 31.5 Å². The van der Waals surface area contributed by atoms with Gasteiger partial charge in [0, 0.05) is 39.0 Å². The van der Waals surface area contributed by atoms with Gasteiger partial charge in [0.25, 0.3) is 10.2 Å². The first kappa shape index (κ1) is 12.8. The van der Waals surface area contributed by atoms with Crippen LogP contribution in [0.2, 0.25) is 0 Å². The van der Waals surface area contributed by atoms with E-state index in [0.29, 0.717) is 52.2 Å². The van der Waals surface area contributed by atoms with Gasteiger partial charge < -0.3 is 9.47 Å². The molecule has 0 aromatic carbocycles. The third kappa shape index (κ3) is 2.18. The molecule has 3 fully saturated rings. The van der Waals surface area contributed by atoms with E-state index in [-0.39, 0.29) is 0 Å². The van der Waals surface area contributed by atoms with Crippen molar-refractivity contribution in [1.82, 2.24) is 8.61 Å². The lowest BCUT2D eigenvalue weighted by Gasteiger charge is -2.38. The van der Waals surface area contributed by atoms with Crippen LogP contribution in [0.5, 0.6) is 0 Å². The van der Waals surface area contributed by atoms with Gasteiger partial charge in [0.15, 0.2) is 5.79 Å². The van der Waals surface area contributed by atoms with Gasteiger partial charge in [-0.15, -0.1) is 0 Å². The molecular formula is C11H20N2O4S. The van der Waals surface area contributed by atoms with Gasteiger partial charge in [-0.05, 0) is 12.8 Å². The van der Waals surface area contributed by atoms with Crippen LogP contribution in [0.25, 0.3) is 0 Å². The van der Waals surface area contributed by atoms with E-state index >= 15 is 0 Å². The zero-order chi connectivity index (χ0) is 12.6. The van der Waals surface area contributed by atoms with Gasteiger partial charge in [0.05, 0.1) is 13.2 Å². The Bertz CT molecular complexity index is 389. The maximum Gasteiger partial charge on any atom is 0.281 e. The number of ether oxygens (including phenoxy) is 2. The molecule has 104 valence electrons. The molecule has 0 aliphatic carbocycles. The Morgan fingerprint density at radius 1 is 0.833 bits per heavy atom. The first-order valence-electron chi connectivity index (χ1n) is 6.66. The summed E-state index contributed by atoms with van der Waals surface area (Å²) in [6.45, 7) is 3.57. The Morgan fingerprint density at radius 3 is 1.89 bits per heavy atom. The summed E-state index contributed by atoms with van der Waals surface area (Å²) in [5.41, 5.74) is 0. The van der Waals surface area contributed by atoms with Gasteiger partial charge in [-0.2, -0.15) is 17.0 Å². The Labute approximate surface area is 108 Å². The highest BCUT2D eigenvalue weighted by atomic mass is 32.2. The topological polar surface area (TPSA) is 59.1 Å². The maximum absolute atomic E-state index is 12.4. The van der Waals surface area contributed by atoms with Crippen LogP contribution in [0.4, 0.5) is 0 Å². The van der Waals surface area contributed by atoms with E-state index in [1.807, 2.05) is 0 Å². The Balaban J connectivity index is 1.65. The molecule has 6 nitrogen and oxygen atoms in total. The highest BCUT2D eigenvalue weighted by molar-refractivity contribution is 7.86. The normalized spacial score (nSPS) is 30.2. The second-order valence-corrected chi connectivity index (χ2v) is 7.05. The monoisotopic (exact) mass is 276 g/mol. The Morgan fingerprint density at radius 2 is 1.33 bits per heavy atom. The van der Waals surface area contributed by atoms with Gasteiger partial charge in [0.2, 0.25) is 0 Å². The lowest BCUT2D eigenvalue weighted by Crippen LogP contribution is -2.51. The van der Waals surface area contributed by atoms with Crippen LogP contribution < -0.4 is 0 Å². The molecule has 18 heavy (non-hydrogen) atoms. The summed E-state index contributed by atoms with van der Waals surface area (Å²) in [5.74, 6) is -0.503. The third-order valence-corrected chi connectivity index (χ3v) is 6.05. The largest absolute Gasteiger partial charge is 0.347 e. The number of piperidine rings is 1. The summed E-state index contributed by atoms with van der Waals surface area (Å²) < 4.78 is 39.1. The molecule has 0 amide bonds. The van der Waals surface area contributed by atoms with E-state index in [0.717, 1.165) is 12.8 Å². The summed E-state index contributed by atoms with van der Waals surface area (Å²) >= 11 is 0. The lowest BCUT2D eigenvalue weighted by molar-refractivity contribution is -0.179. The number of nitrogens with zero attached hydrogens (tertiary/aromatic N) is 2. The van der Waals surface area contributed by atoms with Crippen LogP contribution in [-0.4, -0.2) is 62.2 Å². The molecule has 0 saturated carbocycles. The van der Waals surface area contributed by atoms with Crippen LogP contribution in [0.3, 0.4) is 0 Å². The summed E-state index contributed by atoms with van der Waals surface area (Å²) in [4.78, 5) is 0. The van der Waals surface area contributed by atoms with Crippen molar-refractivity contribution in [1.29, 1.82) is 0 Å².